The summed E-state index contributed by atoms with van der Waals surface area (Å²) in [5.41, 5.74) is 2.24. The van der Waals surface area contributed by atoms with Crippen LogP contribution < -0.4 is 0 Å². The molecule has 2 amide bonds. The molecule has 2 saturated heterocycles. The number of nitrogens with zero attached hydrogens (tertiary/aromatic N) is 2. The minimum absolute atomic E-state index is 0.222. The molecular formula is C31H31ClN2O8. The summed E-state index contributed by atoms with van der Waals surface area (Å²) in [6, 6.07) is 25.5. The Morgan fingerprint density at radius 1 is 0.762 bits per heavy atom. The zero-order valence-electron chi connectivity index (χ0n) is 22.7. The van der Waals surface area contributed by atoms with E-state index in [1.165, 1.54) is 12.1 Å². The van der Waals surface area contributed by atoms with Gasteiger partial charge in [-0.2, -0.15) is 5.26 Å². The summed E-state index contributed by atoms with van der Waals surface area (Å²) in [5.74, 6) is -0.813. The summed E-state index contributed by atoms with van der Waals surface area (Å²) < 4.78 is 15.6. The largest absolute Gasteiger partial charge is 0.445 e. The number of likely N-dealkylation sites (tertiary alicyclic amines) is 1. The molecule has 3 aromatic carbocycles. The Morgan fingerprint density at radius 3 is 1.79 bits per heavy atom. The minimum atomic E-state index is -0.813. The first-order valence-electron chi connectivity index (χ1n) is 13.3. The van der Waals surface area contributed by atoms with Gasteiger partial charge in [0.15, 0.2) is 0 Å². The lowest BCUT2D eigenvalue weighted by Gasteiger charge is -2.16. The number of amides is 2. The average molecular weight is 595 g/mol. The smallest absolute Gasteiger partial charge is 0.410 e. The van der Waals surface area contributed by atoms with Gasteiger partial charge in [-0.05, 0) is 29.3 Å². The van der Waals surface area contributed by atoms with Crippen molar-refractivity contribution in [3.05, 3.63) is 119 Å². The van der Waals surface area contributed by atoms with Crippen LogP contribution in [0.5, 0.6) is 0 Å². The van der Waals surface area contributed by atoms with Crippen LogP contribution in [0, 0.1) is 0 Å². The molecule has 3 heterocycles. The van der Waals surface area contributed by atoms with Crippen molar-refractivity contribution in [1.29, 1.82) is 0 Å². The predicted molar refractivity (Wildman–Crippen MR) is 154 cm³/mol. The van der Waals surface area contributed by atoms with Crippen molar-refractivity contribution in [2.24, 2.45) is 0 Å². The molecule has 10 nitrogen and oxygen atoms in total. The van der Waals surface area contributed by atoms with E-state index in [0.717, 1.165) is 11.1 Å². The van der Waals surface area contributed by atoms with Crippen LogP contribution >= 0.6 is 11.6 Å². The maximum atomic E-state index is 11.6. The zero-order valence-corrected chi connectivity index (χ0v) is 23.5. The molecule has 3 aliphatic heterocycles. The normalized spacial score (nSPS) is 17.6. The van der Waals surface area contributed by atoms with E-state index in [4.69, 9.17) is 31.1 Å². The van der Waals surface area contributed by atoms with Gasteiger partial charge in [-0.3, -0.25) is 4.89 Å². The molecule has 2 atom stereocenters. The van der Waals surface area contributed by atoms with Crippen molar-refractivity contribution in [3.8, 4) is 0 Å². The van der Waals surface area contributed by atoms with Gasteiger partial charge >= 0.3 is 18.2 Å². The number of carbonyl (C=O) groups is 3. The Hall–Kier alpha value is -4.38. The highest BCUT2D eigenvalue weighted by Gasteiger charge is 2.49. The molecule has 0 spiro atoms. The Balaban J connectivity index is 0.000000148. The maximum Gasteiger partial charge on any atom is 0.410 e. The molecular weight excluding hydrogens is 564 g/mol. The Kier molecular flexibility index (Phi) is 11.3. The monoisotopic (exact) mass is 594 g/mol. The van der Waals surface area contributed by atoms with Gasteiger partial charge in [0.1, 0.15) is 25.4 Å². The summed E-state index contributed by atoms with van der Waals surface area (Å²) in [4.78, 5) is 40.6. The second-order valence-corrected chi connectivity index (χ2v) is 9.90. The summed E-state index contributed by atoms with van der Waals surface area (Å²) >= 11 is 5.56. The Morgan fingerprint density at radius 2 is 1.29 bits per heavy atom. The molecule has 2 unspecified atom stereocenters. The predicted octanol–water partition coefficient (Wildman–Crippen LogP) is 5.57. The average Bonchev–Trinajstić information content (AvgIpc) is 3.38. The molecule has 11 heteroatoms. The topological polar surface area (TPSA) is 118 Å². The van der Waals surface area contributed by atoms with E-state index in [-0.39, 0.29) is 30.0 Å². The van der Waals surface area contributed by atoms with Crippen LogP contribution in [0.15, 0.2) is 97.1 Å². The van der Waals surface area contributed by atoms with Crippen LogP contribution in [0.4, 0.5) is 9.59 Å². The van der Waals surface area contributed by atoms with Gasteiger partial charge in [0, 0.05) is 18.1 Å². The number of hydrogen-bond donors (Lipinski definition) is 1. The SMILES string of the molecule is O=C(OCc1ccccc1)N1CC2OC2C1.O=C(OCc1ccccc1)N1CC=CC1.O=C(OO)c1cccc(Cl)c1. The van der Waals surface area contributed by atoms with Crippen molar-refractivity contribution >= 4 is 29.8 Å². The van der Waals surface area contributed by atoms with Gasteiger partial charge in [-0.25, -0.2) is 14.4 Å². The van der Waals surface area contributed by atoms with Gasteiger partial charge in [0.2, 0.25) is 0 Å². The molecule has 0 bridgehead atoms. The lowest BCUT2D eigenvalue weighted by Crippen LogP contribution is -2.32. The number of epoxide rings is 1. The van der Waals surface area contributed by atoms with Gasteiger partial charge in [0.05, 0.1) is 18.7 Å². The third-order valence-corrected chi connectivity index (χ3v) is 6.61. The highest BCUT2D eigenvalue weighted by molar-refractivity contribution is 6.30. The minimum Gasteiger partial charge on any atom is -0.445 e. The Labute approximate surface area is 248 Å². The van der Waals surface area contributed by atoms with E-state index in [9.17, 15) is 14.4 Å². The van der Waals surface area contributed by atoms with Crippen LogP contribution in [-0.4, -0.2) is 71.6 Å². The number of hydrogen-bond acceptors (Lipinski definition) is 8. The molecule has 42 heavy (non-hydrogen) atoms. The summed E-state index contributed by atoms with van der Waals surface area (Å²) in [5, 5.41) is 8.41. The highest BCUT2D eigenvalue weighted by Crippen LogP contribution is 2.30. The van der Waals surface area contributed by atoms with Gasteiger partial charge in [-0.15, -0.1) is 0 Å². The molecule has 0 saturated carbocycles. The molecule has 0 aliphatic carbocycles. The zero-order chi connectivity index (χ0) is 29.7. The van der Waals surface area contributed by atoms with E-state index >= 15 is 0 Å². The number of benzene rings is 3. The van der Waals surface area contributed by atoms with E-state index in [1.807, 2.05) is 72.8 Å². The standard InChI is InChI=1S/C12H13NO3.C12H13NO2.C7H5ClO3/c14-12(13-6-10-11(7-13)16-10)15-8-9-4-2-1-3-5-9;14-12(13-8-4-5-9-13)15-10-11-6-2-1-3-7-11;8-6-3-1-2-5(4-6)7(9)11-10/h1-5,10-11H,6-8H2;1-7H,8-10H2;1-4,10H. The van der Waals surface area contributed by atoms with Crippen molar-refractivity contribution in [2.45, 2.75) is 25.4 Å². The molecule has 2 fully saturated rings. The molecule has 3 aromatic rings. The van der Waals surface area contributed by atoms with Crippen molar-refractivity contribution in [1.82, 2.24) is 9.80 Å². The third kappa shape index (κ3) is 9.62. The second-order valence-electron chi connectivity index (χ2n) is 9.46. The summed E-state index contributed by atoms with van der Waals surface area (Å²) in [6.07, 6.45) is 3.98. The Bertz CT molecular complexity index is 1340. The second kappa shape index (κ2) is 15.6. The van der Waals surface area contributed by atoms with Crippen LogP contribution in [0.25, 0.3) is 0 Å². The maximum absolute atomic E-state index is 11.6. The van der Waals surface area contributed by atoms with Crippen molar-refractivity contribution < 1.29 is 38.7 Å². The first kappa shape index (κ1) is 30.6. The fourth-order valence-corrected chi connectivity index (χ4v) is 4.27. The fourth-order valence-electron chi connectivity index (χ4n) is 4.07. The van der Waals surface area contributed by atoms with Gasteiger partial charge < -0.3 is 24.0 Å². The number of morpholine rings is 1. The number of fused-ring (bicyclic) bond motifs is 1. The molecule has 6 rings (SSSR count). The van der Waals surface area contributed by atoms with Crippen molar-refractivity contribution in [3.63, 3.8) is 0 Å². The summed E-state index contributed by atoms with van der Waals surface area (Å²) in [7, 11) is 0. The van der Waals surface area contributed by atoms with Crippen LogP contribution in [-0.2, 0) is 32.3 Å². The quantitative estimate of drug-likeness (QED) is 0.134. The number of ether oxygens (including phenoxy) is 3. The molecule has 0 radical (unpaired) electrons. The molecule has 220 valence electrons. The van der Waals surface area contributed by atoms with E-state index in [1.54, 1.807) is 21.9 Å². The van der Waals surface area contributed by atoms with E-state index < -0.39 is 5.97 Å². The first-order chi connectivity index (χ1) is 20.4. The molecule has 1 N–H and O–H groups in total. The van der Waals surface area contributed by atoms with E-state index in [2.05, 4.69) is 4.89 Å². The number of rotatable bonds is 5. The van der Waals surface area contributed by atoms with Gasteiger partial charge in [0.25, 0.3) is 0 Å². The highest BCUT2D eigenvalue weighted by atomic mass is 35.5. The van der Waals surface area contributed by atoms with Crippen LogP contribution in [0.1, 0.15) is 21.5 Å². The van der Waals surface area contributed by atoms with E-state index in [0.29, 0.717) is 44.4 Å². The number of halogens is 1. The van der Waals surface area contributed by atoms with Crippen molar-refractivity contribution in [2.75, 3.05) is 26.2 Å². The first-order valence-corrected chi connectivity index (χ1v) is 13.6. The lowest BCUT2D eigenvalue weighted by molar-refractivity contribution is -0.182. The lowest BCUT2D eigenvalue weighted by atomic mass is 10.2. The molecule has 0 aromatic heterocycles. The van der Waals surface area contributed by atoms with Crippen LogP contribution in [0.2, 0.25) is 5.02 Å². The van der Waals surface area contributed by atoms with Gasteiger partial charge in [-0.1, -0.05) is 90.5 Å². The van der Waals surface area contributed by atoms with Crippen LogP contribution in [0.3, 0.4) is 0 Å². The number of carbonyl (C=O) groups excluding carboxylic acids is 3. The summed E-state index contributed by atoms with van der Waals surface area (Å²) in [6.45, 7) is 3.36. The molecule has 3 aliphatic rings. The fraction of sp³-hybridized carbons (Fsp3) is 0.258. The third-order valence-electron chi connectivity index (χ3n) is 6.38.